The van der Waals surface area contributed by atoms with Crippen molar-refractivity contribution in [2.75, 3.05) is 6.54 Å². The topological polar surface area (TPSA) is 66.4 Å². The number of hydrogen-bond acceptors (Lipinski definition) is 4. The third kappa shape index (κ3) is 3.64. The van der Waals surface area contributed by atoms with Crippen LogP contribution in [0.5, 0.6) is 0 Å². The Kier molecular flexibility index (Phi) is 4.75. The quantitative estimate of drug-likeness (QED) is 0.875. The van der Waals surface area contributed by atoms with Gasteiger partial charge in [0.2, 0.25) is 10.0 Å². The molecule has 1 heterocycles. The fraction of sp³-hybridized carbons (Fsp3) is 0.286. The largest absolute Gasteiger partial charge is 0.383 e. The van der Waals surface area contributed by atoms with Gasteiger partial charge >= 0.3 is 0 Å². The summed E-state index contributed by atoms with van der Waals surface area (Å²) in [6.45, 7) is 3.11. The number of benzene rings is 1. The highest BCUT2D eigenvalue weighted by Gasteiger charge is 2.27. The van der Waals surface area contributed by atoms with Crippen LogP contribution in [0.1, 0.15) is 17.4 Å². The Morgan fingerprint density at radius 1 is 1.33 bits per heavy atom. The lowest BCUT2D eigenvalue weighted by Crippen LogP contribution is -2.38. The van der Waals surface area contributed by atoms with E-state index in [0.29, 0.717) is 15.5 Å². The highest BCUT2D eigenvalue weighted by molar-refractivity contribution is 7.89. The fourth-order valence-corrected chi connectivity index (χ4v) is 4.28. The molecule has 2 aromatic rings. The van der Waals surface area contributed by atoms with Crippen LogP contribution in [0, 0.1) is 6.92 Å². The first-order valence-corrected chi connectivity index (χ1v) is 8.99. The summed E-state index contributed by atoms with van der Waals surface area (Å²) in [6.07, 6.45) is 0. The zero-order chi connectivity index (χ0) is 15.7. The first-order chi connectivity index (χ1) is 9.74. The van der Waals surface area contributed by atoms with Gasteiger partial charge < -0.3 is 5.11 Å². The van der Waals surface area contributed by atoms with E-state index in [2.05, 4.69) is 4.72 Å². The van der Waals surface area contributed by atoms with Gasteiger partial charge in [0, 0.05) is 16.4 Å². The third-order valence-corrected chi connectivity index (χ3v) is 6.24. The highest BCUT2D eigenvalue weighted by atomic mass is 35.5. The summed E-state index contributed by atoms with van der Waals surface area (Å²) < 4.78 is 27.1. The standard InChI is InChI=1S/C14H16ClNO3S2/c1-10-11(15)5-3-6-12(10)21(18,19)16-9-14(2,17)13-7-4-8-20-13/h3-8,16-17H,9H2,1-2H3. The molecular weight excluding hydrogens is 330 g/mol. The van der Waals surface area contributed by atoms with Crippen LogP contribution in [0.25, 0.3) is 0 Å². The van der Waals surface area contributed by atoms with E-state index < -0.39 is 15.6 Å². The van der Waals surface area contributed by atoms with Gasteiger partial charge in [-0.25, -0.2) is 13.1 Å². The molecule has 0 aliphatic carbocycles. The molecule has 1 aromatic carbocycles. The summed E-state index contributed by atoms with van der Waals surface area (Å²) in [5.41, 5.74) is -0.768. The normalized spacial score (nSPS) is 14.9. The SMILES string of the molecule is Cc1c(Cl)cccc1S(=O)(=O)NCC(C)(O)c1cccs1. The van der Waals surface area contributed by atoms with Crippen molar-refractivity contribution in [2.45, 2.75) is 24.3 Å². The first-order valence-electron chi connectivity index (χ1n) is 6.25. The van der Waals surface area contributed by atoms with Crippen LogP contribution in [-0.2, 0) is 15.6 Å². The molecule has 0 spiro atoms. The summed E-state index contributed by atoms with van der Waals surface area (Å²) in [4.78, 5) is 0.824. The maximum atomic E-state index is 12.3. The van der Waals surface area contributed by atoms with Crippen LogP contribution in [0.2, 0.25) is 5.02 Å². The Hall–Kier alpha value is -0.920. The zero-order valence-electron chi connectivity index (χ0n) is 11.6. The van der Waals surface area contributed by atoms with E-state index in [0.717, 1.165) is 0 Å². The van der Waals surface area contributed by atoms with E-state index in [4.69, 9.17) is 11.6 Å². The monoisotopic (exact) mass is 345 g/mol. The van der Waals surface area contributed by atoms with E-state index in [-0.39, 0.29) is 11.4 Å². The zero-order valence-corrected chi connectivity index (χ0v) is 14.0. The van der Waals surface area contributed by atoms with Gasteiger partial charge in [0.1, 0.15) is 5.60 Å². The van der Waals surface area contributed by atoms with Crippen LogP contribution >= 0.6 is 22.9 Å². The third-order valence-electron chi connectivity index (χ3n) is 3.17. The molecule has 21 heavy (non-hydrogen) atoms. The van der Waals surface area contributed by atoms with E-state index in [9.17, 15) is 13.5 Å². The predicted molar refractivity (Wildman–Crippen MR) is 85.3 cm³/mol. The number of sulfonamides is 1. The molecule has 4 nitrogen and oxygen atoms in total. The Labute approximate surface area is 133 Å². The molecule has 2 N–H and O–H groups in total. The van der Waals surface area contributed by atoms with Crippen LogP contribution in [-0.4, -0.2) is 20.1 Å². The number of rotatable bonds is 5. The molecule has 114 valence electrons. The minimum absolute atomic E-state index is 0.109. The number of aliphatic hydroxyl groups is 1. The minimum Gasteiger partial charge on any atom is -0.383 e. The Balaban J connectivity index is 2.21. The van der Waals surface area contributed by atoms with Gasteiger partial charge in [-0.05, 0) is 43.0 Å². The average Bonchev–Trinajstić information content (AvgIpc) is 2.94. The molecule has 0 saturated heterocycles. The lowest BCUT2D eigenvalue weighted by atomic mass is 10.1. The van der Waals surface area contributed by atoms with E-state index >= 15 is 0 Å². The van der Waals surface area contributed by atoms with E-state index in [1.807, 2.05) is 11.4 Å². The maximum Gasteiger partial charge on any atom is 0.240 e. The second kappa shape index (κ2) is 6.06. The van der Waals surface area contributed by atoms with Gasteiger partial charge in [0.05, 0.1) is 4.90 Å². The van der Waals surface area contributed by atoms with Crippen molar-refractivity contribution in [1.82, 2.24) is 4.72 Å². The van der Waals surface area contributed by atoms with Crippen molar-refractivity contribution in [3.8, 4) is 0 Å². The molecule has 7 heteroatoms. The van der Waals surface area contributed by atoms with Crippen LogP contribution in [0.15, 0.2) is 40.6 Å². The van der Waals surface area contributed by atoms with Crippen molar-refractivity contribution in [1.29, 1.82) is 0 Å². The highest BCUT2D eigenvalue weighted by Crippen LogP contribution is 2.26. The van der Waals surface area contributed by atoms with Crippen molar-refractivity contribution in [3.05, 3.63) is 51.2 Å². The molecular formula is C14H16ClNO3S2. The summed E-state index contributed by atoms with van der Waals surface area (Å²) in [7, 11) is -3.73. The molecule has 1 unspecified atom stereocenters. The van der Waals surface area contributed by atoms with E-state index in [1.165, 1.54) is 17.4 Å². The predicted octanol–water partition coefficient (Wildman–Crippen LogP) is 2.90. The summed E-state index contributed by atoms with van der Waals surface area (Å²) in [6, 6.07) is 8.29. The average molecular weight is 346 g/mol. The smallest absolute Gasteiger partial charge is 0.240 e. The van der Waals surface area contributed by atoms with Gasteiger partial charge in [0.25, 0.3) is 0 Å². The van der Waals surface area contributed by atoms with Crippen LogP contribution < -0.4 is 4.72 Å². The number of nitrogens with one attached hydrogen (secondary N) is 1. The fourth-order valence-electron chi connectivity index (χ4n) is 1.86. The van der Waals surface area contributed by atoms with Gasteiger partial charge in [-0.1, -0.05) is 23.7 Å². The van der Waals surface area contributed by atoms with Crippen LogP contribution in [0.3, 0.4) is 0 Å². The van der Waals surface area contributed by atoms with Gasteiger partial charge in [-0.2, -0.15) is 0 Å². The summed E-state index contributed by atoms with van der Waals surface area (Å²) in [5, 5.41) is 12.6. The second-order valence-corrected chi connectivity index (χ2v) is 8.03. The van der Waals surface area contributed by atoms with Crippen molar-refractivity contribution >= 4 is 33.0 Å². The molecule has 0 aliphatic rings. The molecule has 0 aliphatic heterocycles. The summed E-state index contributed by atoms with van der Waals surface area (Å²) in [5.74, 6) is 0. The Morgan fingerprint density at radius 3 is 2.67 bits per heavy atom. The lowest BCUT2D eigenvalue weighted by Gasteiger charge is -2.22. The van der Waals surface area contributed by atoms with Crippen molar-refractivity contribution < 1.29 is 13.5 Å². The number of hydrogen-bond donors (Lipinski definition) is 2. The molecule has 0 saturated carbocycles. The molecule has 1 atom stereocenters. The lowest BCUT2D eigenvalue weighted by molar-refractivity contribution is 0.0666. The van der Waals surface area contributed by atoms with Gasteiger partial charge in [0.15, 0.2) is 0 Å². The van der Waals surface area contributed by atoms with Crippen molar-refractivity contribution in [3.63, 3.8) is 0 Å². The maximum absolute atomic E-state index is 12.3. The molecule has 0 bridgehead atoms. The molecule has 0 fully saturated rings. The Bertz CT molecular complexity index is 725. The second-order valence-electron chi connectivity index (χ2n) is 4.94. The number of thiophene rings is 1. The van der Waals surface area contributed by atoms with Crippen LogP contribution in [0.4, 0.5) is 0 Å². The molecule has 1 aromatic heterocycles. The van der Waals surface area contributed by atoms with E-state index in [1.54, 1.807) is 32.0 Å². The Morgan fingerprint density at radius 2 is 2.05 bits per heavy atom. The first kappa shape index (κ1) is 16.5. The van der Waals surface area contributed by atoms with Gasteiger partial charge in [-0.15, -0.1) is 11.3 Å². The summed E-state index contributed by atoms with van der Waals surface area (Å²) >= 11 is 7.33. The minimum atomic E-state index is -3.73. The molecule has 0 radical (unpaired) electrons. The van der Waals surface area contributed by atoms with Crippen molar-refractivity contribution in [2.24, 2.45) is 0 Å². The molecule has 0 amide bonds. The molecule has 2 rings (SSSR count). The van der Waals surface area contributed by atoms with Gasteiger partial charge in [-0.3, -0.25) is 0 Å². The number of halogens is 1.